The summed E-state index contributed by atoms with van der Waals surface area (Å²) in [7, 11) is 0. The van der Waals surface area contributed by atoms with Crippen LogP contribution in [0.25, 0.3) is 0 Å². The van der Waals surface area contributed by atoms with Gasteiger partial charge in [0.25, 0.3) is 0 Å². The summed E-state index contributed by atoms with van der Waals surface area (Å²) in [5, 5.41) is 11.5. The molecule has 6 heteroatoms. The van der Waals surface area contributed by atoms with Crippen molar-refractivity contribution < 1.29 is 9.90 Å². The molecular weight excluding hydrogens is 260 g/mol. The molecule has 1 aromatic rings. The summed E-state index contributed by atoms with van der Waals surface area (Å²) < 4.78 is 0. The zero-order valence-corrected chi connectivity index (χ0v) is 9.81. The fourth-order valence-corrected chi connectivity index (χ4v) is 1.64. The second-order valence-electron chi connectivity index (χ2n) is 2.70. The number of halogens is 3. The van der Waals surface area contributed by atoms with E-state index >= 15 is 0 Å². The van der Waals surface area contributed by atoms with Crippen LogP contribution < -0.4 is 10.0 Å². The van der Waals surface area contributed by atoms with Gasteiger partial charge in [-0.25, -0.2) is 0 Å². The molecule has 0 saturated heterocycles. The molecule has 0 atom stereocenters. The van der Waals surface area contributed by atoms with Crippen LogP contribution in [-0.4, -0.2) is 18.5 Å². The van der Waals surface area contributed by atoms with Gasteiger partial charge in [0, 0.05) is 17.4 Å². The van der Waals surface area contributed by atoms with Crippen molar-refractivity contribution >= 4 is 46.6 Å². The lowest BCUT2D eigenvalue weighted by molar-refractivity contribution is -0.246. The Kier molecular flexibility index (Phi) is 4.51. The molecule has 15 heavy (non-hydrogen) atoms. The minimum Gasteiger partial charge on any atom is -0.530 e. The number of carboxylic acid groups (broad SMARTS) is 1. The Labute approximate surface area is 102 Å². The predicted molar refractivity (Wildman–Crippen MR) is 59.9 cm³/mol. The molecule has 0 N–H and O–H groups in total. The molecule has 82 valence electrons. The van der Waals surface area contributed by atoms with Crippen molar-refractivity contribution in [2.75, 3.05) is 17.3 Å². The van der Waals surface area contributed by atoms with E-state index < -0.39 is 6.09 Å². The number of carbonyl (C=O) groups is 1. The molecular formula is C9H7Cl3NO2-. The maximum atomic E-state index is 10.8. The van der Waals surface area contributed by atoms with Crippen molar-refractivity contribution in [2.45, 2.75) is 0 Å². The molecule has 0 heterocycles. The zero-order valence-electron chi connectivity index (χ0n) is 7.54. The Morgan fingerprint density at radius 1 is 1.40 bits per heavy atom. The summed E-state index contributed by atoms with van der Waals surface area (Å²) >= 11 is 17.0. The number of alkyl halides is 1. The molecule has 0 aliphatic rings. The Hall–Kier alpha value is -0.640. The van der Waals surface area contributed by atoms with Gasteiger partial charge in [-0.15, -0.1) is 11.6 Å². The van der Waals surface area contributed by atoms with Crippen LogP contribution in [0.4, 0.5) is 10.5 Å². The monoisotopic (exact) mass is 266 g/mol. The standard InChI is InChI=1S/C9H8Cl3NO2/c10-3-4-13(9(14)15)8-5-6(11)1-2-7(8)12/h1-2,5H,3-4H2,(H,14,15)/p-1. The minimum atomic E-state index is -1.36. The van der Waals surface area contributed by atoms with Gasteiger partial charge >= 0.3 is 0 Å². The van der Waals surface area contributed by atoms with Gasteiger partial charge in [0.1, 0.15) is 6.09 Å². The quantitative estimate of drug-likeness (QED) is 0.789. The Morgan fingerprint density at radius 3 is 2.60 bits per heavy atom. The molecule has 3 nitrogen and oxygen atoms in total. The number of hydrogen-bond acceptors (Lipinski definition) is 2. The van der Waals surface area contributed by atoms with Gasteiger partial charge in [-0.05, 0) is 18.2 Å². The first-order chi connectivity index (χ1) is 7.06. The highest BCUT2D eigenvalue weighted by atomic mass is 35.5. The summed E-state index contributed by atoms with van der Waals surface area (Å²) in [6.45, 7) is 0.101. The average molecular weight is 268 g/mol. The molecule has 0 saturated carbocycles. The number of amides is 1. The molecule has 0 aliphatic carbocycles. The van der Waals surface area contributed by atoms with Crippen molar-refractivity contribution in [3.8, 4) is 0 Å². The Morgan fingerprint density at radius 2 is 2.07 bits per heavy atom. The second-order valence-corrected chi connectivity index (χ2v) is 3.92. The smallest absolute Gasteiger partial charge is 0.141 e. The SMILES string of the molecule is O=C([O-])N(CCCl)c1cc(Cl)ccc1Cl. The van der Waals surface area contributed by atoms with E-state index in [1.54, 1.807) is 6.07 Å². The van der Waals surface area contributed by atoms with Gasteiger partial charge in [0.15, 0.2) is 0 Å². The van der Waals surface area contributed by atoms with Crippen LogP contribution in [0.5, 0.6) is 0 Å². The minimum absolute atomic E-state index is 0.101. The second kappa shape index (κ2) is 5.45. The number of carbonyl (C=O) groups excluding carboxylic acids is 1. The third-order valence-corrected chi connectivity index (χ3v) is 2.45. The number of nitrogens with zero attached hydrogens (tertiary/aromatic N) is 1. The molecule has 1 amide bonds. The summed E-state index contributed by atoms with van der Waals surface area (Å²) in [5.41, 5.74) is 0.282. The van der Waals surface area contributed by atoms with Crippen LogP contribution in [-0.2, 0) is 0 Å². The number of rotatable bonds is 3. The average Bonchev–Trinajstić information content (AvgIpc) is 2.18. The van der Waals surface area contributed by atoms with Gasteiger partial charge in [0.2, 0.25) is 0 Å². The molecule has 1 aromatic carbocycles. The molecule has 0 aliphatic heterocycles. The maximum Gasteiger partial charge on any atom is 0.141 e. The van der Waals surface area contributed by atoms with E-state index in [4.69, 9.17) is 34.8 Å². The lowest BCUT2D eigenvalue weighted by Crippen LogP contribution is -2.42. The van der Waals surface area contributed by atoms with E-state index in [1.807, 2.05) is 0 Å². The normalized spacial score (nSPS) is 10.1. The summed E-state index contributed by atoms with van der Waals surface area (Å²) in [5.74, 6) is 0.150. The molecule has 0 radical (unpaired) electrons. The highest BCUT2D eigenvalue weighted by Crippen LogP contribution is 2.28. The molecule has 0 spiro atoms. The van der Waals surface area contributed by atoms with E-state index in [2.05, 4.69) is 0 Å². The van der Waals surface area contributed by atoms with Crippen molar-refractivity contribution in [3.63, 3.8) is 0 Å². The fraction of sp³-hybridized carbons (Fsp3) is 0.222. The van der Waals surface area contributed by atoms with Gasteiger partial charge in [-0.3, -0.25) is 0 Å². The topological polar surface area (TPSA) is 43.4 Å². The maximum absolute atomic E-state index is 10.8. The Bertz CT molecular complexity index is 370. The zero-order chi connectivity index (χ0) is 11.4. The fourth-order valence-electron chi connectivity index (χ4n) is 1.09. The molecule has 0 fully saturated rings. The number of benzene rings is 1. The van der Waals surface area contributed by atoms with E-state index in [0.717, 1.165) is 4.90 Å². The predicted octanol–water partition coefficient (Wildman–Crippen LogP) is 2.38. The van der Waals surface area contributed by atoms with Crippen molar-refractivity contribution in [1.29, 1.82) is 0 Å². The first-order valence-corrected chi connectivity index (χ1v) is 5.35. The molecule has 0 unspecified atom stereocenters. The van der Waals surface area contributed by atoms with Gasteiger partial charge in [0.05, 0.1) is 10.7 Å². The van der Waals surface area contributed by atoms with Crippen molar-refractivity contribution in [2.24, 2.45) is 0 Å². The van der Waals surface area contributed by atoms with Gasteiger partial charge in [-0.1, -0.05) is 23.2 Å². The molecule has 0 bridgehead atoms. The van der Waals surface area contributed by atoms with Gasteiger partial charge in [-0.2, -0.15) is 0 Å². The Balaban J connectivity index is 3.09. The highest BCUT2D eigenvalue weighted by Gasteiger charge is 2.11. The first-order valence-electron chi connectivity index (χ1n) is 4.05. The van der Waals surface area contributed by atoms with Crippen LogP contribution >= 0.6 is 34.8 Å². The van der Waals surface area contributed by atoms with Crippen molar-refractivity contribution in [3.05, 3.63) is 28.2 Å². The largest absolute Gasteiger partial charge is 0.530 e. The van der Waals surface area contributed by atoms with Gasteiger partial charge < -0.3 is 14.8 Å². The van der Waals surface area contributed by atoms with Crippen LogP contribution in [0.2, 0.25) is 10.0 Å². The van der Waals surface area contributed by atoms with E-state index in [-0.39, 0.29) is 23.1 Å². The third-order valence-electron chi connectivity index (χ3n) is 1.73. The first kappa shape index (κ1) is 12.4. The van der Waals surface area contributed by atoms with E-state index in [9.17, 15) is 9.90 Å². The lowest BCUT2D eigenvalue weighted by Gasteiger charge is -2.25. The highest BCUT2D eigenvalue weighted by molar-refractivity contribution is 6.35. The van der Waals surface area contributed by atoms with Crippen LogP contribution in [0, 0.1) is 0 Å². The van der Waals surface area contributed by atoms with E-state index in [0.29, 0.717) is 5.02 Å². The van der Waals surface area contributed by atoms with Crippen molar-refractivity contribution in [1.82, 2.24) is 0 Å². The van der Waals surface area contributed by atoms with Crippen LogP contribution in [0.15, 0.2) is 18.2 Å². The van der Waals surface area contributed by atoms with E-state index in [1.165, 1.54) is 12.1 Å². The summed E-state index contributed by atoms with van der Waals surface area (Å²) in [6.07, 6.45) is -1.36. The lowest BCUT2D eigenvalue weighted by atomic mass is 10.3. The molecule has 0 aromatic heterocycles. The summed E-state index contributed by atoms with van der Waals surface area (Å²) in [4.78, 5) is 11.8. The number of hydrogen-bond donors (Lipinski definition) is 0. The van der Waals surface area contributed by atoms with Crippen LogP contribution in [0.1, 0.15) is 0 Å². The summed E-state index contributed by atoms with van der Waals surface area (Å²) in [6, 6.07) is 4.54. The third kappa shape index (κ3) is 3.16. The number of anilines is 1. The van der Waals surface area contributed by atoms with Crippen LogP contribution in [0.3, 0.4) is 0 Å². The molecule has 1 rings (SSSR count).